The van der Waals surface area contributed by atoms with Gasteiger partial charge in [-0.05, 0) is 6.42 Å². The quantitative estimate of drug-likeness (QED) is 0.161. The van der Waals surface area contributed by atoms with Crippen LogP contribution in [0.4, 0.5) is 0 Å². The van der Waals surface area contributed by atoms with Gasteiger partial charge in [-0.15, -0.1) is 0 Å². The number of carboxylic acid groups (broad SMARTS) is 1. The van der Waals surface area contributed by atoms with Gasteiger partial charge in [0.25, 0.3) is 0 Å². The first-order valence-corrected chi connectivity index (χ1v) is 9.22. The average Bonchev–Trinajstić information content (AvgIpc) is 2.66. The van der Waals surface area contributed by atoms with Gasteiger partial charge in [0.2, 0.25) is 11.8 Å². The predicted molar refractivity (Wildman–Crippen MR) is 104 cm³/mol. The maximum atomic E-state index is 11.3. The molecule has 0 aromatic heterocycles. The van der Waals surface area contributed by atoms with Gasteiger partial charge in [0.05, 0.1) is 19.6 Å². The molecule has 0 bridgehead atoms. The van der Waals surface area contributed by atoms with Gasteiger partial charge in [-0.25, -0.2) is 0 Å². The van der Waals surface area contributed by atoms with Crippen molar-refractivity contribution in [1.29, 1.82) is 0 Å². The normalized spacial score (nSPS) is 13.6. The van der Waals surface area contributed by atoms with E-state index in [1.54, 1.807) is 13.8 Å². The first-order valence-electron chi connectivity index (χ1n) is 9.22. The summed E-state index contributed by atoms with van der Waals surface area (Å²) in [5.41, 5.74) is -1.78. The fourth-order valence-electron chi connectivity index (χ4n) is 1.66. The Morgan fingerprint density at radius 2 is 1.17 bits per heavy atom. The highest BCUT2D eigenvalue weighted by Crippen LogP contribution is 2.20. The molecule has 0 aliphatic heterocycles. The number of aliphatic hydroxyl groups excluding tert-OH is 5. The van der Waals surface area contributed by atoms with E-state index in [4.69, 9.17) is 20.4 Å². The summed E-state index contributed by atoms with van der Waals surface area (Å²) < 4.78 is 0. The van der Waals surface area contributed by atoms with Crippen molar-refractivity contribution in [1.82, 2.24) is 10.6 Å². The van der Waals surface area contributed by atoms with Gasteiger partial charge in [-0.3, -0.25) is 14.4 Å². The zero-order valence-electron chi connectivity index (χ0n) is 17.5. The summed E-state index contributed by atoms with van der Waals surface area (Å²) in [5, 5.41) is 58.3. The molecule has 0 saturated carbocycles. The minimum Gasteiger partial charge on any atom is -0.481 e. The van der Waals surface area contributed by atoms with Crippen LogP contribution in [-0.2, 0) is 14.4 Å². The molecule has 172 valence electrons. The molecule has 0 aromatic rings. The summed E-state index contributed by atoms with van der Waals surface area (Å²) in [6, 6.07) is 0. The first-order chi connectivity index (χ1) is 13.3. The van der Waals surface area contributed by atoms with Gasteiger partial charge in [0, 0.05) is 30.5 Å². The van der Waals surface area contributed by atoms with Crippen LogP contribution in [0.1, 0.15) is 40.5 Å². The lowest BCUT2D eigenvalue weighted by atomic mass is 9.87. The zero-order valence-corrected chi connectivity index (χ0v) is 17.5. The SMILES string of the molecule is CC(C)(CO)C(O)C(=O)NCCCO.CC(C)(CO)[C@@H](O)C(=O)NCCC(=O)O. The highest BCUT2D eigenvalue weighted by atomic mass is 16.4. The number of aliphatic carboxylic acids is 1. The van der Waals surface area contributed by atoms with Crippen molar-refractivity contribution in [3.8, 4) is 0 Å². The lowest BCUT2D eigenvalue weighted by Gasteiger charge is -2.27. The number of carbonyl (C=O) groups is 3. The molecule has 0 aliphatic rings. The first kappa shape index (κ1) is 29.4. The van der Waals surface area contributed by atoms with Crippen LogP contribution in [0.25, 0.3) is 0 Å². The van der Waals surface area contributed by atoms with E-state index in [2.05, 4.69) is 10.6 Å². The minimum absolute atomic E-state index is 0.000230. The number of rotatable bonds is 12. The molecule has 0 aromatic carbocycles. The number of aliphatic hydroxyl groups is 5. The summed E-state index contributed by atoms with van der Waals surface area (Å²) in [6.07, 6.45) is -2.32. The Morgan fingerprint density at radius 3 is 1.48 bits per heavy atom. The van der Waals surface area contributed by atoms with E-state index >= 15 is 0 Å². The van der Waals surface area contributed by atoms with E-state index in [1.807, 2.05) is 0 Å². The summed E-state index contributed by atoms with van der Waals surface area (Å²) >= 11 is 0. The minimum atomic E-state index is -1.35. The second-order valence-corrected chi connectivity index (χ2v) is 7.90. The Bertz CT molecular complexity index is 510. The monoisotopic (exact) mass is 424 g/mol. The third kappa shape index (κ3) is 12.4. The van der Waals surface area contributed by atoms with Gasteiger partial charge in [-0.1, -0.05) is 27.7 Å². The van der Waals surface area contributed by atoms with Crippen LogP contribution in [0.5, 0.6) is 0 Å². The lowest BCUT2D eigenvalue weighted by Crippen LogP contribution is -2.45. The number of hydrogen-bond acceptors (Lipinski definition) is 8. The molecule has 0 spiro atoms. The summed E-state index contributed by atoms with van der Waals surface area (Å²) in [4.78, 5) is 32.7. The second-order valence-electron chi connectivity index (χ2n) is 7.90. The van der Waals surface area contributed by atoms with Crippen molar-refractivity contribution in [2.45, 2.75) is 52.7 Å². The third-order valence-corrected chi connectivity index (χ3v) is 4.06. The number of carboxylic acids is 1. The van der Waals surface area contributed by atoms with Crippen molar-refractivity contribution in [2.24, 2.45) is 10.8 Å². The number of nitrogens with one attached hydrogen (secondary N) is 2. The van der Waals surface area contributed by atoms with Crippen LogP contribution in [0.15, 0.2) is 0 Å². The van der Waals surface area contributed by atoms with Crippen molar-refractivity contribution < 1.29 is 45.0 Å². The molecule has 0 rings (SSSR count). The van der Waals surface area contributed by atoms with Crippen LogP contribution >= 0.6 is 0 Å². The highest BCUT2D eigenvalue weighted by molar-refractivity contribution is 5.82. The molecule has 0 aliphatic carbocycles. The maximum Gasteiger partial charge on any atom is 0.305 e. The highest BCUT2D eigenvalue weighted by Gasteiger charge is 2.33. The number of amides is 2. The largest absolute Gasteiger partial charge is 0.481 e. The molecule has 2 atom stereocenters. The fourth-order valence-corrected chi connectivity index (χ4v) is 1.66. The molecule has 8 N–H and O–H groups in total. The molecular weight excluding hydrogens is 388 g/mol. The molecule has 29 heavy (non-hydrogen) atoms. The summed E-state index contributed by atoms with van der Waals surface area (Å²) in [7, 11) is 0. The van der Waals surface area contributed by atoms with Gasteiger partial charge in [0.15, 0.2) is 0 Å². The third-order valence-electron chi connectivity index (χ3n) is 4.06. The molecule has 11 nitrogen and oxygen atoms in total. The van der Waals surface area contributed by atoms with Crippen LogP contribution < -0.4 is 10.6 Å². The smallest absolute Gasteiger partial charge is 0.305 e. The standard InChI is InChI=1S/C9H17NO5.C9H19NO4/c1-9(2,5-11)7(14)8(15)10-4-3-6(12)13;1-9(2,6-12)7(13)8(14)10-4-3-5-11/h7,11,14H,3-5H2,1-2H3,(H,10,15)(H,12,13);7,11-13H,3-6H2,1-2H3,(H,10,14)/t7-;/m0./s1. The van der Waals surface area contributed by atoms with Crippen LogP contribution in [-0.4, -0.2) is 93.5 Å². The topological polar surface area (TPSA) is 197 Å². The van der Waals surface area contributed by atoms with E-state index in [9.17, 15) is 24.6 Å². The fraction of sp³-hybridized carbons (Fsp3) is 0.833. The van der Waals surface area contributed by atoms with Crippen molar-refractivity contribution in [3.05, 3.63) is 0 Å². The molecule has 0 fully saturated rings. The Labute approximate surface area is 170 Å². The van der Waals surface area contributed by atoms with Gasteiger partial charge in [-0.2, -0.15) is 0 Å². The molecular formula is C18H36N2O9. The van der Waals surface area contributed by atoms with Gasteiger partial charge < -0.3 is 41.3 Å². The molecule has 1 unspecified atom stereocenters. The van der Waals surface area contributed by atoms with Crippen LogP contribution in [0.2, 0.25) is 0 Å². The van der Waals surface area contributed by atoms with Gasteiger partial charge in [0.1, 0.15) is 12.2 Å². The maximum absolute atomic E-state index is 11.3. The lowest BCUT2D eigenvalue weighted by molar-refractivity contribution is -0.139. The summed E-state index contributed by atoms with van der Waals surface area (Å²) in [6.45, 7) is 5.97. The molecule has 2 amide bonds. The molecule has 0 heterocycles. The number of carbonyl (C=O) groups excluding carboxylic acids is 2. The summed E-state index contributed by atoms with van der Waals surface area (Å²) in [5.74, 6) is -2.21. The van der Waals surface area contributed by atoms with E-state index in [0.29, 0.717) is 13.0 Å². The molecule has 0 saturated heterocycles. The van der Waals surface area contributed by atoms with Crippen molar-refractivity contribution in [2.75, 3.05) is 32.9 Å². The zero-order chi connectivity index (χ0) is 23.3. The molecule has 0 radical (unpaired) electrons. The predicted octanol–water partition coefficient (Wildman–Crippen LogP) is -2.18. The molecule has 11 heteroatoms. The van der Waals surface area contributed by atoms with E-state index < -0.39 is 40.8 Å². The van der Waals surface area contributed by atoms with E-state index in [-0.39, 0.29) is 32.8 Å². The Morgan fingerprint density at radius 1 is 0.793 bits per heavy atom. The van der Waals surface area contributed by atoms with Crippen LogP contribution in [0, 0.1) is 10.8 Å². The van der Waals surface area contributed by atoms with E-state index in [1.165, 1.54) is 13.8 Å². The van der Waals surface area contributed by atoms with E-state index in [0.717, 1.165) is 0 Å². The average molecular weight is 424 g/mol. The Kier molecular flexibility index (Phi) is 14.4. The van der Waals surface area contributed by atoms with Crippen molar-refractivity contribution in [3.63, 3.8) is 0 Å². The van der Waals surface area contributed by atoms with Crippen LogP contribution in [0.3, 0.4) is 0 Å². The van der Waals surface area contributed by atoms with Gasteiger partial charge >= 0.3 is 5.97 Å². The Balaban J connectivity index is 0. The Hall–Kier alpha value is -1.79. The number of hydrogen-bond donors (Lipinski definition) is 8. The van der Waals surface area contributed by atoms with Crippen molar-refractivity contribution >= 4 is 17.8 Å². The second kappa shape index (κ2) is 14.2.